The second-order valence-corrected chi connectivity index (χ2v) is 5.80. The second kappa shape index (κ2) is 6.98. The Kier molecular flexibility index (Phi) is 5.30. The molecule has 20 heavy (non-hydrogen) atoms. The first kappa shape index (κ1) is 15.2. The number of benzene rings is 1. The summed E-state index contributed by atoms with van der Waals surface area (Å²) in [6.07, 6.45) is 4.53. The van der Waals surface area contributed by atoms with E-state index >= 15 is 0 Å². The Hall–Kier alpha value is -1.22. The van der Waals surface area contributed by atoms with Gasteiger partial charge in [-0.2, -0.15) is 0 Å². The number of rotatable bonds is 6. The molecule has 0 aromatic heterocycles. The molecule has 1 atom stereocenters. The van der Waals surface area contributed by atoms with Crippen molar-refractivity contribution in [3.05, 3.63) is 23.8 Å². The zero-order chi connectivity index (χ0) is 14.5. The lowest BCUT2D eigenvalue weighted by atomic mass is 9.90. The third kappa shape index (κ3) is 3.45. The molecule has 4 heteroatoms. The van der Waals surface area contributed by atoms with Crippen molar-refractivity contribution in [1.29, 1.82) is 0 Å². The summed E-state index contributed by atoms with van der Waals surface area (Å²) in [5.41, 5.74) is 1.79. The Morgan fingerprint density at radius 3 is 2.65 bits per heavy atom. The van der Waals surface area contributed by atoms with Crippen molar-refractivity contribution in [2.45, 2.75) is 44.9 Å². The fraction of sp³-hybridized carbons (Fsp3) is 0.562. The summed E-state index contributed by atoms with van der Waals surface area (Å²) in [7, 11) is 0. The summed E-state index contributed by atoms with van der Waals surface area (Å²) in [5, 5.41) is 2.82. The van der Waals surface area contributed by atoms with Gasteiger partial charge in [-0.1, -0.05) is 32.8 Å². The Labute approximate surface area is 125 Å². The van der Waals surface area contributed by atoms with E-state index in [1.54, 1.807) is 0 Å². The summed E-state index contributed by atoms with van der Waals surface area (Å²) in [6.45, 7) is 4.46. The monoisotopic (exact) mass is 295 g/mol. The van der Waals surface area contributed by atoms with Gasteiger partial charge in [0.1, 0.15) is 5.75 Å². The predicted octanol–water partition coefficient (Wildman–Crippen LogP) is 4.51. The molecule has 1 aliphatic rings. The molecule has 1 aliphatic heterocycles. The van der Waals surface area contributed by atoms with Gasteiger partial charge in [0.05, 0.1) is 11.1 Å². The molecule has 0 fully saturated rings. The number of carbonyl (C=O) groups excluding carboxylic acids is 1. The predicted molar refractivity (Wildman–Crippen MR) is 82.5 cm³/mol. The number of ether oxygens (including phenoxy) is 1. The summed E-state index contributed by atoms with van der Waals surface area (Å²) in [5.74, 6) is 1.09. The van der Waals surface area contributed by atoms with Crippen LogP contribution in [0.2, 0.25) is 0 Å². The summed E-state index contributed by atoms with van der Waals surface area (Å²) in [4.78, 5) is 11.4. The molecule has 1 N–H and O–H groups in total. The van der Waals surface area contributed by atoms with Crippen molar-refractivity contribution in [3.63, 3.8) is 0 Å². The van der Waals surface area contributed by atoms with Crippen LogP contribution < -0.4 is 10.1 Å². The maximum atomic E-state index is 11.4. The molecule has 2 rings (SSSR count). The van der Waals surface area contributed by atoms with E-state index < -0.39 is 0 Å². The zero-order valence-electron chi connectivity index (χ0n) is 12.1. The Balaban J connectivity index is 2.19. The van der Waals surface area contributed by atoms with E-state index in [0.29, 0.717) is 5.92 Å². The summed E-state index contributed by atoms with van der Waals surface area (Å²) < 4.78 is 5.37. The molecule has 3 nitrogen and oxygen atoms in total. The molecule has 0 saturated carbocycles. The summed E-state index contributed by atoms with van der Waals surface area (Å²) >= 11 is 6.66. The first-order chi connectivity index (χ1) is 9.65. The molecule has 1 heterocycles. The van der Waals surface area contributed by atoms with Crippen molar-refractivity contribution in [2.24, 2.45) is 5.92 Å². The van der Waals surface area contributed by atoms with Gasteiger partial charge < -0.3 is 10.1 Å². The highest BCUT2D eigenvalue weighted by atomic mass is 35.5. The minimum atomic E-state index is -0.112. The Morgan fingerprint density at radius 1 is 1.30 bits per heavy atom. The van der Waals surface area contributed by atoms with Crippen molar-refractivity contribution in [2.75, 3.05) is 11.9 Å². The fourth-order valence-electron chi connectivity index (χ4n) is 2.72. The van der Waals surface area contributed by atoms with E-state index in [4.69, 9.17) is 16.3 Å². The van der Waals surface area contributed by atoms with Crippen LogP contribution in [0.3, 0.4) is 0 Å². The van der Waals surface area contributed by atoms with E-state index in [0.717, 1.165) is 42.7 Å². The number of anilines is 1. The second-order valence-electron chi connectivity index (χ2n) is 5.33. The van der Waals surface area contributed by atoms with Crippen LogP contribution in [0.15, 0.2) is 18.2 Å². The van der Waals surface area contributed by atoms with Gasteiger partial charge in [0.15, 0.2) is 6.61 Å². The molecule has 0 aliphatic carbocycles. The van der Waals surface area contributed by atoms with Gasteiger partial charge in [0.25, 0.3) is 5.91 Å². The fourth-order valence-corrected chi connectivity index (χ4v) is 3.11. The Morgan fingerprint density at radius 2 is 2.00 bits per heavy atom. The van der Waals surface area contributed by atoms with Gasteiger partial charge >= 0.3 is 0 Å². The average molecular weight is 296 g/mol. The minimum absolute atomic E-state index is 0.0148. The van der Waals surface area contributed by atoms with Gasteiger partial charge in [-0.25, -0.2) is 0 Å². The molecule has 1 aromatic rings. The number of amides is 1. The number of halogens is 1. The van der Waals surface area contributed by atoms with Crippen molar-refractivity contribution in [1.82, 2.24) is 0 Å². The van der Waals surface area contributed by atoms with Gasteiger partial charge in [-0.3, -0.25) is 4.79 Å². The van der Waals surface area contributed by atoms with Crippen molar-refractivity contribution < 1.29 is 9.53 Å². The lowest BCUT2D eigenvalue weighted by Gasteiger charge is -2.24. The molecule has 0 spiro atoms. The molecule has 1 amide bonds. The van der Waals surface area contributed by atoms with Gasteiger partial charge in [0, 0.05) is 0 Å². The van der Waals surface area contributed by atoms with Crippen LogP contribution in [-0.2, 0) is 4.79 Å². The van der Waals surface area contributed by atoms with Crippen molar-refractivity contribution >= 4 is 23.2 Å². The highest BCUT2D eigenvalue weighted by Gasteiger charge is 2.22. The molecule has 1 aromatic carbocycles. The first-order valence-corrected chi connectivity index (χ1v) is 7.80. The van der Waals surface area contributed by atoms with Gasteiger partial charge in [-0.05, 0) is 36.5 Å². The summed E-state index contributed by atoms with van der Waals surface area (Å²) in [6, 6.07) is 5.85. The number of hydrogen-bond donors (Lipinski definition) is 1. The van der Waals surface area contributed by atoms with Crippen LogP contribution in [0.5, 0.6) is 5.75 Å². The number of alkyl halides is 1. The smallest absolute Gasteiger partial charge is 0.262 e. The molecule has 0 saturated heterocycles. The maximum Gasteiger partial charge on any atom is 0.262 e. The van der Waals surface area contributed by atoms with E-state index in [2.05, 4.69) is 19.2 Å². The van der Waals surface area contributed by atoms with Gasteiger partial charge in [0.2, 0.25) is 0 Å². The Bertz CT molecular complexity index is 470. The van der Waals surface area contributed by atoms with Crippen LogP contribution in [-0.4, -0.2) is 12.5 Å². The van der Waals surface area contributed by atoms with Gasteiger partial charge in [-0.15, -0.1) is 11.6 Å². The van der Waals surface area contributed by atoms with E-state index in [-0.39, 0.29) is 17.9 Å². The van der Waals surface area contributed by atoms with Crippen LogP contribution in [0.25, 0.3) is 0 Å². The van der Waals surface area contributed by atoms with E-state index in [1.165, 1.54) is 0 Å². The van der Waals surface area contributed by atoms with E-state index in [9.17, 15) is 4.79 Å². The highest BCUT2D eigenvalue weighted by molar-refractivity contribution is 6.21. The minimum Gasteiger partial charge on any atom is -0.482 e. The molecule has 110 valence electrons. The number of fused-ring (bicyclic) bond motifs is 1. The third-order valence-corrected chi connectivity index (χ3v) is 4.30. The normalized spacial score (nSPS) is 15.5. The standard InChI is InChI=1S/C16H22ClNO2/c1-3-5-11(6-4-2)16(17)12-7-8-14-13(9-12)18-15(19)10-20-14/h7-9,11,16H,3-6,10H2,1-2H3,(H,18,19). The van der Waals surface area contributed by atoms with Crippen LogP contribution in [0.4, 0.5) is 5.69 Å². The lowest BCUT2D eigenvalue weighted by molar-refractivity contribution is -0.118. The number of carbonyl (C=O) groups is 1. The average Bonchev–Trinajstić information content (AvgIpc) is 2.45. The quantitative estimate of drug-likeness (QED) is 0.784. The zero-order valence-corrected chi connectivity index (χ0v) is 12.9. The highest BCUT2D eigenvalue weighted by Crippen LogP contribution is 2.38. The van der Waals surface area contributed by atoms with Crippen LogP contribution in [0, 0.1) is 5.92 Å². The van der Waals surface area contributed by atoms with Crippen LogP contribution in [0.1, 0.15) is 50.5 Å². The largest absolute Gasteiger partial charge is 0.482 e. The molecular formula is C16H22ClNO2. The maximum absolute atomic E-state index is 11.4. The molecule has 0 bridgehead atoms. The SMILES string of the molecule is CCCC(CCC)C(Cl)c1ccc2c(c1)NC(=O)CO2. The lowest BCUT2D eigenvalue weighted by Crippen LogP contribution is -2.25. The number of hydrogen-bond acceptors (Lipinski definition) is 2. The first-order valence-electron chi connectivity index (χ1n) is 7.36. The number of nitrogens with one attached hydrogen (secondary N) is 1. The topological polar surface area (TPSA) is 38.3 Å². The molecule has 1 unspecified atom stereocenters. The third-order valence-electron chi connectivity index (χ3n) is 3.69. The molecule has 0 radical (unpaired) electrons. The molecular weight excluding hydrogens is 274 g/mol. The van der Waals surface area contributed by atoms with E-state index in [1.807, 2.05) is 18.2 Å². The van der Waals surface area contributed by atoms with Crippen molar-refractivity contribution in [3.8, 4) is 5.75 Å². The van der Waals surface area contributed by atoms with Crippen LogP contribution >= 0.6 is 11.6 Å².